The Labute approximate surface area is 140 Å². The third-order valence-corrected chi connectivity index (χ3v) is 3.14. The number of aromatic nitrogens is 2. The number of carbonyl (C=O) groups is 1. The van der Waals surface area contributed by atoms with Crippen molar-refractivity contribution in [3.05, 3.63) is 58.2 Å². The molecular weight excluding hydrogens is 334 g/mol. The fourth-order valence-electron chi connectivity index (χ4n) is 1.98. The Balaban J connectivity index is 1.69. The minimum Gasteiger partial charge on any atom is -0.490 e. The zero-order valence-electron chi connectivity index (χ0n) is 12.9. The maximum Gasteiger partial charge on any atom is 0.338 e. The summed E-state index contributed by atoms with van der Waals surface area (Å²) in [7, 11) is 1.30. The second-order valence-electron chi connectivity index (χ2n) is 4.70. The summed E-state index contributed by atoms with van der Waals surface area (Å²) in [5.41, 5.74) is -0.340. The molecule has 0 unspecified atom stereocenters. The van der Waals surface area contributed by atoms with E-state index >= 15 is 0 Å². The molecule has 0 bridgehead atoms. The van der Waals surface area contributed by atoms with Crippen LogP contribution in [0.4, 0.5) is 5.69 Å². The van der Waals surface area contributed by atoms with Gasteiger partial charge in [-0.2, -0.15) is 0 Å². The van der Waals surface area contributed by atoms with E-state index in [1.165, 1.54) is 25.5 Å². The van der Waals surface area contributed by atoms with Crippen LogP contribution >= 0.6 is 0 Å². The highest BCUT2D eigenvalue weighted by atomic mass is 16.6. The van der Waals surface area contributed by atoms with Crippen LogP contribution in [-0.4, -0.2) is 28.2 Å². The van der Waals surface area contributed by atoms with Crippen LogP contribution in [0, 0.1) is 10.1 Å². The molecule has 10 heteroatoms. The van der Waals surface area contributed by atoms with E-state index in [1.54, 1.807) is 12.1 Å². The molecule has 10 nitrogen and oxygen atoms in total. The van der Waals surface area contributed by atoms with E-state index in [9.17, 15) is 14.9 Å². The number of carbonyl (C=O) groups excluding carboxylic acids is 1. The average Bonchev–Trinajstić information content (AvgIpc) is 3.30. The van der Waals surface area contributed by atoms with Crippen molar-refractivity contribution in [2.75, 3.05) is 7.11 Å². The third kappa shape index (κ3) is 3.47. The Morgan fingerprint density at radius 1 is 1.32 bits per heavy atom. The van der Waals surface area contributed by atoms with Crippen molar-refractivity contribution in [2.24, 2.45) is 0 Å². The van der Waals surface area contributed by atoms with E-state index in [1.807, 2.05) is 0 Å². The van der Waals surface area contributed by atoms with Gasteiger partial charge in [-0.25, -0.2) is 4.79 Å². The van der Waals surface area contributed by atoms with Gasteiger partial charge in [0.2, 0.25) is 0 Å². The van der Waals surface area contributed by atoms with Gasteiger partial charge in [0, 0.05) is 6.07 Å². The molecule has 0 aliphatic heterocycles. The van der Waals surface area contributed by atoms with Gasteiger partial charge in [-0.05, 0) is 24.3 Å². The minimum absolute atomic E-state index is 0.00160. The molecule has 25 heavy (non-hydrogen) atoms. The van der Waals surface area contributed by atoms with Gasteiger partial charge in [0.15, 0.2) is 18.1 Å². The first-order chi connectivity index (χ1) is 12.1. The van der Waals surface area contributed by atoms with Gasteiger partial charge in [-0.1, -0.05) is 0 Å². The molecule has 0 spiro atoms. The third-order valence-electron chi connectivity index (χ3n) is 3.14. The molecule has 3 aromatic rings. The molecule has 0 saturated heterocycles. The van der Waals surface area contributed by atoms with Crippen LogP contribution in [0.15, 0.2) is 45.4 Å². The number of furan rings is 1. The van der Waals surface area contributed by atoms with E-state index in [-0.39, 0.29) is 35.4 Å². The number of ether oxygens (including phenoxy) is 2. The van der Waals surface area contributed by atoms with Gasteiger partial charge >= 0.3 is 11.7 Å². The summed E-state index contributed by atoms with van der Waals surface area (Å²) in [5, 5.41) is 18.5. The maximum atomic E-state index is 12.0. The largest absolute Gasteiger partial charge is 0.490 e. The summed E-state index contributed by atoms with van der Waals surface area (Å²) in [5.74, 6) is -0.139. The monoisotopic (exact) mass is 345 g/mol. The highest BCUT2D eigenvalue weighted by molar-refractivity contribution is 5.90. The zero-order valence-corrected chi connectivity index (χ0v) is 12.9. The molecule has 0 amide bonds. The van der Waals surface area contributed by atoms with Crippen molar-refractivity contribution in [2.45, 2.75) is 6.61 Å². The number of nitrogens with zero attached hydrogens (tertiary/aromatic N) is 3. The highest BCUT2D eigenvalue weighted by Crippen LogP contribution is 2.28. The number of rotatable bonds is 6. The van der Waals surface area contributed by atoms with Gasteiger partial charge < -0.3 is 18.3 Å². The van der Waals surface area contributed by atoms with E-state index in [4.69, 9.17) is 18.3 Å². The molecule has 0 radical (unpaired) electrons. The van der Waals surface area contributed by atoms with Crippen LogP contribution in [0.1, 0.15) is 16.2 Å². The Morgan fingerprint density at radius 2 is 2.16 bits per heavy atom. The van der Waals surface area contributed by atoms with E-state index < -0.39 is 10.9 Å². The predicted octanol–water partition coefficient (Wildman–Crippen LogP) is 2.60. The van der Waals surface area contributed by atoms with Crippen LogP contribution in [0.25, 0.3) is 11.7 Å². The second-order valence-corrected chi connectivity index (χ2v) is 4.70. The van der Waals surface area contributed by atoms with Crippen LogP contribution in [-0.2, 0) is 11.3 Å². The summed E-state index contributed by atoms with van der Waals surface area (Å²) >= 11 is 0. The van der Waals surface area contributed by atoms with Gasteiger partial charge in [0.05, 0.1) is 23.9 Å². The van der Waals surface area contributed by atoms with Crippen LogP contribution in [0.3, 0.4) is 0 Å². The predicted molar refractivity (Wildman–Crippen MR) is 80.8 cm³/mol. The molecule has 0 fully saturated rings. The molecule has 2 aromatic heterocycles. The number of benzene rings is 1. The number of hydrogen-bond acceptors (Lipinski definition) is 9. The Hall–Kier alpha value is -3.69. The summed E-state index contributed by atoms with van der Waals surface area (Å²) in [6.07, 6.45) is 1.45. The molecular formula is C15H11N3O7. The van der Waals surface area contributed by atoms with Crippen molar-refractivity contribution in [3.8, 4) is 17.4 Å². The fourth-order valence-corrected chi connectivity index (χ4v) is 1.98. The first-order valence-electron chi connectivity index (χ1n) is 6.94. The molecule has 128 valence electrons. The van der Waals surface area contributed by atoms with Crippen molar-refractivity contribution < 1.29 is 28.0 Å². The lowest BCUT2D eigenvalue weighted by molar-refractivity contribution is -0.385. The maximum absolute atomic E-state index is 12.0. The lowest BCUT2D eigenvalue weighted by Gasteiger charge is -2.05. The Morgan fingerprint density at radius 3 is 2.84 bits per heavy atom. The first kappa shape index (κ1) is 16.2. The molecule has 0 N–H and O–H groups in total. The van der Waals surface area contributed by atoms with Crippen molar-refractivity contribution in [1.82, 2.24) is 10.2 Å². The Bertz CT molecular complexity index is 902. The summed E-state index contributed by atoms with van der Waals surface area (Å²) < 4.78 is 20.3. The normalized spacial score (nSPS) is 10.4. The quantitative estimate of drug-likeness (QED) is 0.375. The molecule has 0 saturated carbocycles. The number of hydrogen-bond donors (Lipinski definition) is 0. The van der Waals surface area contributed by atoms with Gasteiger partial charge in [-0.3, -0.25) is 10.1 Å². The standard InChI is InChI=1S/C15H11N3O7/c1-22-11-5-4-9(7-10(11)18(20)21)15(19)24-8-13-16-17-14(25-13)12-3-2-6-23-12/h2-7H,8H2,1H3. The zero-order chi connectivity index (χ0) is 17.8. The Kier molecular flexibility index (Phi) is 4.42. The average molecular weight is 345 g/mol. The summed E-state index contributed by atoms with van der Waals surface area (Å²) in [4.78, 5) is 22.4. The smallest absolute Gasteiger partial charge is 0.338 e. The van der Waals surface area contributed by atoms with E-state index in [2.05, 4.69) is 10.2 Å². The second kappa shape index (κ2) is 6.83. The van der Waals surface area contributed by atoms with Crippen LogP contribution < -0.4 is 4.74 Å². The van der Waals surface area contributed by atoms with Crippen molar-refractivity contribution >= 4 is 11.7 Å². The number of nitro benzene ring substituents is 1. The SMILES string of the molecule is COc1ccc(C(=O)OCc2nnc(-c3ccco3)o2)cc1[N+](=O)[O-]. The first-order valence-corrected chi connectivity index (χ1v) is 6.94. The molecule has 2 heterocycles. The van der Waals surface area contributed by atoms with E-state index in [0.29, 0.717) is 5.76 Å². The van der Waals surface area contributed by atoms with E-state index in [0.717, 1.165) is 6.07 Å². The topological polar surface area (TPSA) is 131 Å². The molecule has 0 atom stereocenters. The molecule has 3 rings (SSSR count). The van der Waals surface area contributed by atoms with Gasteiger partial charge in [0.1, 0.15) is 0 Å². The summed E-state index contributed by atoms with van der Waals surface area (Å²) in [6, 6.07) is 7.05. The number of methoxy groups -OCH3 is 1. The van der Waals surface area contributed by atoms with Crippen LogP contribution in [0.2, 0.25) is 0 Å². The number of esters is 1. The van der Waals surface area contributed by atoms with Gasteiger partial charge in [-0.15, -0.1) is 10.2 Å². The van der Waals surface area contributed by atoms with Crippen molar-refractivity contribution in [1.29, 1.82) is 0 Å². The summed E-state index contributed by atoms with van der Waals surface area (Å²) in [6.45, 7) is -0.285. The molecule has 0 aliphatic rings. The van der Waals surface area contributed by atoms with Crippen LogP contribution in [0.5, 0.6) is 5.75 Å². The van der Waals surface area contributed by atoms with Crippen molar-refractivity contribution in [3.63, 3.8) is 0 Å². The minimum atomic E-state index is -0.775. The fraction of sp³-hybridized carbons (Fsp3) is 0.133. The lowest BCUT2D eigenvalue weighted by atomic mass is 10.2. The number of nitro groups is 1. The highest BCUT2D eigenvalue weighted by Gasteiger charge is 2.20. The molecule has 1 aromatic carbocycles. The lowest BCUT2D eigenvalue weighted by Crippen LogP contribution is -2.06. The van der Waals surface area contributed by atoms with Gasteiger partial charge in [0.25, 0.3) is 11.8 Å². The molecule has 0 aliphatic carbocycles.